The second-order valence-corrected chi connectivity index (χ2v) is 9.10. The lowest BCUT2D eigenvalue weighted by Gasteiger charge is -2.17. The van der Waals surface area contributed by atoms with Crippen LogP contribution >= 0.6 is 27.7 Å². The van der Waals surface area contributed by atoms with Crippen molar-refractivity contribution >= 4 is 39.4 Å². The Bertz CT molecular complexity index is 1260. The van der Waals surface area contributed by atoms with E-state index < -0.39 is 0 Å². The molecular formula is C23H22BrN5OS. The number of halogens is 1. The molecule has 2 aromatic carbocycles. The van der Waals surface area contributed by atoms with E-state index in [-0.39, 0.29) is 11.9 Å². The topological polar surface area (TPSA) is 72.2 Å². The molecule has 0 fully saturated rings. The van der Waals surface area contributed by atoms with Crippen LogP contribution in [0.1, 0.15) is 45.8 Å². The van der Waals surface area contributed by atoms with E-state index in [0.717, 1.165) is 27.0 Å². The summed E-state index contributed by atoms with van der Waals surface area (Å²) in [6, 6.07) is 17.4. The minimum atomic E-state index is -0.124. The molecule has 0 bridgehead atoms. The van der Waals surface area contributed by atoms with Crippen LogP contribution in [0.25, 0.3) is 5.78 Å². The largest absolute Gasteiger partial charge is 0.345 e. The summed E-state index contributed by atoms with van der Waals surface area (Å²) >= 11 is 5.05. The number of nitrogens with zero attached hydrogens (tertiary/aromatic N) is 4. The lowest BCUT2D eigenvalue weighted by atomic mass is 10.1. The van der Waals surface area contributed by atoms with Gasteiger partial charge in [-0.15, -0.1) is 5.10 Å². The van der Waals surface area contributed by atoms with Gasteiger partial charge in [0.25, 0.3) is 11.7 Å². The molecule has 1 amide bonds. The van der Waals surface area contributed by atoms with Gasteiger partial charge in [-0.05, 0) is 50.1 Å². The summed E-state index contributed by atoms with van der Waals surface area (Å²) in [4.78, 5) is 22.0. The lowest BCUT2D eigenvalue weighted by Crippen LogP contribution is -2.27. The van der Waals surface area contributed by atoms with Crippen LogP contribution in [0.5, 0.6) is 0 Å². The number of carbonyl (C=O) groups is 1. The zero-order valence-corrected chi connectivity index (χ0v) is 19.9. The second-order valence-electron chi connectivity index (χ2n) is 7.31. The fraction of sp³-hybridized carbons (Fsp3) is 0.217. The maximum absolute atomic E-state index is 13.0. The molecule has 6 nitrogen and oxygen atoms in total. The normalized spacial score (nSPS) is 12.1. The number of hydrogen-bond donors (Lipinski definition) is 1. The van der Waals surface area contributed by atoms with Crippen LogP contribution in [0.3, 0.4) is 0 Å². The number of fused-ring (bicyclic) bond motifs is 1. The fourth-order valence-electron chi connectivity index (χ4n) is 3.40. The van der Waals surface area contributed by atoms with Crippen molar-refractivity contribution in [3.63, 3.8) is 0 Å². The Kier molecular flexibility index (Phi) is 6.38. The van der Waals surface area contributed by atoms with E-state index in [4.69, 9.17) is 0 Å². The highest BCUT2D eigenvalue weighted by Gasteiger charge is 2.17. The number of benzene rings is 2. The van der Waals surface area contributed by atoms with Crippen molar-refractivity contribution in [1.82, 2.24) is 24.9 Å². The Morgan fingerprint density at radius 1 is 1.13 bits per heavy atom. The van der Waals surface area contributed by atoms with Crippen LogP contribution in [0, 0.1) is 13.8 Å². The number of thioether (sulfide) groups is 1. The summed E-state index contributed by atoms with van der Waals surface area (Å²) in [7, 11) is 0. The number of amides is 1. The van der Waals surface area contributed by atoms with Crippen LogP contribution in [0.4, 0.5) is 0 Å². The summed E-state index contributed by atoms with van der Waals surface area (Å²) in [5, 5.41) is 8.28. The zero-order valence-electron chi connectivity index (χ0n) is 17.5. The predicted molar refractivity (Wildman–Crippen MR) is 126 cm³/mol. The van der Waals surface area contributed by atoms with Crippen LogP contribution in [0.2, 0.25) is 0 Å². The Hall–Kier alpha value is -2.71. The number of carbonyl (C=O) groups excluding carboxylic acids is 1. The first-order valence-corrected chi connectivity index (χ1v) is 11.7. The molecule has 0 aliphatic heterocycles. The zero-order chi connectivity index (χ0) is 22.0. The molecular weight excluding hydrogens is 474 g/mol. The monoisotopic (exact) mass is 495 g/mol. The molecule has 0 saturated heterocycles. The van der Waals surface area contributed by atoms with Crippen LogP contribution < -0.4 is 5.32 Å². The Balaban J connectivity index is 1.50. The molecule has 0 aliphatic rings. The number of rotatable bonds is 6. The van der Waals surface area contributed by atoms with Crippen LogP contribution in [0.15, 0.2) is 64.2 Å². The number of hydrogen-bond acceptors (Lipinski definition) is 5. The second kappa shape index (κ2) is 9.20. The summed E-state index contributed by atoms with van der Waals surface area (Å²) in [6.45, 7) is 5.91. The third-order valence-corrected chi connectivity index (χ3v) is 6.55. The van der Waals surface area contributed by atoms with Gasteiger partial charge in [-0.3, -0.25) is 4.79 Å². The van der Waals surface area contributed by atoms with Crippen LogP contribution in [-0.2, 0) is 5.75 Å². The minimum absolute atomic E-state index is 0.101. The number of nitrogens with one attached hydrogen (secondary N) is 1. The average molecular weight is 496 g/mol. The van der Waals surface area contributed by atoms with Gasteiger partial charge in [0.15, 0.2) is 0 Å². The third-order valence-electron chi connectivity index (χ3n) is 4.94. The highest BCUT2D eigenvalue weighted by molar-refractivity contribution is 9.10. The van der Waals surface area contributed by atoms with Gasteiger partial charge < -0.3 is 5.32 Å². The molecule has 2 aromatic heterocycles. The smallest absolute Gasteiger partial charge is 0.253 e. The quantitative estimate of drug-likeness (QED) is 0.368. The fourth-order valence-corrected chi connectivity index (χ4v) is 4.85. The molecule has 0 aliphatic carbocycles. The Labute approximate surface area is 193 Å². The van der Waals surface area contributed by atoms with Crippen molar-refractivity contribution in [1.29, 1.82) is 0 Å². The number of aromatic nitrogens is 4. The summed E-state index contributed by atoms with van der Waals surface area (Å²) in [5.41, 5.74) is 4.53. The molecule has 2 heterocycles. The van der Waals surface area contributed by atoms with Gasteiger partial charge >= 0.3 is 0 Å². The van der Waals surface area contributed by atoms with Crippen molar-refractivity contribution in [2.75, 3.05) is 0 Å². The molecule has 31 heavy (non-hydrogen) atoms. The van der Waals surface area contributed by atoms with E-state index in [2.05, 4.69) is 36.3 Å². The molecule has 0 saturated carbocycles. The highest BCUT2D eigenvalue weighted by Crippen LogP contribution is 2.25. The van der Waals surface area contributed by atoms with E-state index in [1.54, 1.807) is 4.52 Å². The molecule has 1 N–H and O–H groups in total. The van der Waals surface area contributed by atoms with E-state index in [1.165, 1.54) is 11.8 Å². The summed E-state index contributed by atoms with van der Waals surface area (Å²) < 4.78 is 2.72. The maximum atomic E-state index is 13.0. The Morgan fingerprint density at radius 3 is 2.68 bits per heavy atom. The molecule has 4 aromatic rings. The van der Waals surface area contributed by atoms with Crippen molar-refractivity contribution in [3.8, 4) is 0 Å². The summed E-state index contributed by atoms with van der Waals surface area (Å²) in [6.07, 6.45) is 0. The molecule has 8 heteroatoms. The first-order chi connectivity index (χ1) is 14.9. The van der Waals surface area contributed by atoms with E-state index in [0.29, 0.717) is 22.3 Å². The maximum Gasteiger partial charge on any atom is 0.253 e. The van der Waals surface area contributed by atoms with Crippen LogP contribution in [-0.4, -0.2) is 25.5 Å². The third kappa shape index (κ3) is 4.80. The molecule has 4 rings (SSSR count). The Morgan fingerprint density at radius 2 is 1.87 bits per heavy atom. The van der Waals surface area contributed by atoms with Crippen molar-refractivity contribution in [2.24, 2.45) is 0 Å². The SMILES string of the molecule is Cc1cc(C)n2nc(SCc3ccccc3C(=O)NC(C)c3ccccc3Br)nc2n1. The first-order valence-electron chi connectivity index (χ1n) is 9.89. The average Bonchev–Trinajstić information content (AvgIpc) is 3.16. The molecule has 1 unspecified atom stereocenters. The van der Waals surface area contributed by atoms with E-state index >= 15 is 0 Å². The highest BCUT2D eigenvalue weighted by atomic mass is 79.9. The van der Waals surface area contributed by atoms with Crippen molar-refractivity contribution < 1.29 is 4.79 Å². The van der Waals surface area contributed by atoms with E-state index in [9.17, 15) is 4.79 Å². The van der Waals surface area contributed by atoms with E-state index in [1.807, 2.05) is 75.4 Å². The molecule has 1 atom stereocenters. The molecule has 0 spiro atoms. The van der Waals surface area contributed by atoms with Gasteiger partial charge in [-0.25, -0.2) is 9.50 Å². The molecule has 0 radical (unpaired) electrons. The lowest BCUT2D eigenvalue weighted by molar-refractivity contribution is 0.0939. The van der Waals surface area contributed by atoms with Gasteiger partial charge in [-0.1, -0.05) is 64.1 Å². The van der Waals surface area contributed by atoms with Gasteiger partial charge in [0.2, 0.25) is 5.16 Å². The van der Waals surface area contributed by atoms with Gasteiger partial charge in [0.1, 0.15) is 0 Å². The summed E-state index contributed by atoms with van der Waals surface area (Å²) in [5.74, 6) is 1.07. The van der Waals surface area contributed by atoms with Gasteiger partial charge in [0.05, 0.1) is 6.04 Å². The first kappa shape index (κ1) is 21.5. The standard InChI is InChI=1S/C23H22BrN5OS/c1-14-12-15(2)29-22(25-14)27-23(28-29)31-13-17-8-4-5-10-19(17)21(30)26-16(3)18-9-6-7-11-20(18)24/h4-12,16H,13H2,1-3H3,(H,26,30). The number of aryl methyl sites for hydroxylation is 2. The van der Waals surface area contributed by atoms with Gasteiger partial charge in [0, 0.05) is 27.2 Å². The molecule has 158 valence electrons. The minimum Gasteiger partial charge on any atom is -0.345 e. The predicted octanol–water partition coefficient (Wildman–Crippen LogP) is 5.29. The van der Waals surface area contributed by atoms with Gasteiger partial charge in [-0.2, -0.15) is 4.98 Å². The van der Waals surface area contributed by atoms with Crippen molar-refractivity contribution in [2.45, 2.75) is 37.7 Å². The van der Waals surface area contributed by atoms with Crippen molar-refractivity contribution in [3.05, 3.63) is 87.1 Å².